The van der Waals surface area contributed by atoms with Crippen LogP contribution >= 0.6 is 0 Å². The van der Waals surface area contributed by atoms with Crippen LogP contribution in [0.15, 0.2) is 61.2 Å². The molecule has 2 amide bonds. The van der Waals surface area contributed by atoms with Gasteiger partial charge in [0.15, 0.2) is 0 Å². The number of carbonyl (C=O) groups excluding carboxylic acids is 2. The maximum atomic E-state index is 13.2. The molecule has 2 atom stereocenters. The molecule has 2 N–H and O–H groups in total. The second-order valence-corrected chi connectivity index (χ2v) is 7.99. The maximum Gasteiger partial charge on any atom is 0.253 e. The van der Waals surface area contributed by atoms with Crippen LogP contribution < -0.4 is 10.6 Å². The number of tetrazole rings is 2. The van der Waals surface area contributed by atoms with E-state index in [4.69, 9.17) is 0 Å². The molecule has 0 aliphatic heterocycles. The Balaban J connectivity index is 1.34. The molecule has 2 heterocycles. The number of carbonyl (C=O) groups is 2. The van der Waals surface area contributed by atoms with E-state index >= 15 is 0 Å². The normalized spacial score (nSPS) is 17.8. The van der Waals surface area contributed by atoms with Gasteiger partial charge in [-0.2, -0.15) is 9.36 Å². The monoisotopic (exact) mass is 458 g/mol. The summed E-state index contributed by atoms with van der Waals surface area (Å²) in [6.45, 7) is 0. The lowest BCUT2D eigenvalue weighted by atomic mass is 9.89. The molecule has 5 rings (SSSR count). The topological polar surface area (TPSA) is 145 Å². The second-order valence-electron chi connectivity index (χ2n) is 7.99. The molecule has 1 fully saturated rings. The van der Waals surface area contributed by atoms with E-state index in [1.807, 2.05) is 12.1 Å². The van der Waals surface area contributed by atoms with Gasteiger partial charge in [0.05, 0.1) is 22.5 Å². The van der Waals surface area contributed by atoms with E-state index in [1.165, 1.54) is 22.0 Å². The highest BCUT2D eigenvalue weighted by atomic mass is 16.2. The zero-order chi connectivity index (χ0) is 23.3. The van der Waals surface area contributed by atoms with Crippen LogP contribution in [0.1, 0.15) is 46.4 Å². The first kappa shape index (κ1) is 21.4. The van der Waals surface area contributed by atoms with Crippen molar-refractivity contribution in [1.29, 1.82) is 0 Å². The zero-order valence-electron chi connectivity index (χ0n) is 18.2. The van der Waals surface area contributed by atoms with Crippen LogP contribution in [0, 0.1) is 0 Å². The highest BCUT2D eigenvalue weighted by Gasteiger charge is 2.29. The van der Waals surface area contributed by atoms with Crippen LogP contribution in [0.3, 0.4) is 0 Å². The lowest BCUT2D eigenvalue weighted by molar-refractivity contribution is 0.0862. The number of nitrogens with zero attached hydrogens (tertiary/aromatic N) is 8. The number of para-hydroxylation sites is 2. The van der Waals surface area contributed by atoms with Gasteiger partial charge in [0.25, 0.3) is 11.8 Å². The van der Waals surface area contributed by atoms with E-state index in [0.29, 0.717) is 22.5 Å². The van der Waals surface area contributed by atoms with Gasteiger partial charge in [-0.3, -0.25) is 9.59 Å². The van der Waals surface area contributed by atoms with Crippen molar-refractivity contribution < 1.29 is 9.59 Å². The van der Waals surface area contributed by atoms with E-state index in [-0.39, 0.29) is 23.9 Å². The number of aromatic nitrogens is 8. The SMILES string of the molecule is O=C(NC1CCCCC1NC(=O)c1ccccc1-n1cnnn1)c1ccccc1-n1cnnn1. The fourth-order valence-corrected chi connectivity index (χ4v) is 4.24. The lowest BCUT2D eigenvalue weighted by Gasteiger charge is -2.33. The molecule has 1 aliphatic rings. The molecule has 12 nitrogen and oxygen atoms in total. The van der Waals surface area contributed by atoms with E-state index in [1.54, 1.807) is 36.4 Å². The first-order valence-electron chi connectivity index (χ1n) is 11.0. The van der Waals surface area contributed by atoms with Gasteiger partial charge in [0.2, 0.25) is 0 Å². The van der Waals surface area contributed by atoms with Gasteiger partial charge < -0.3 is 10.6 Å². The number of hydrogen-bond donors (Lipinski definition) is 2. The standard InChI is InChI=1S/C22H22N10O2/c33-21(15-7-1-5-11-19(15)31-13-23-27-29-31)25-17-9-3-4-10-18(17)26-22(34)16-8-2-6-12-20(16)32-14-24-28-30-32/h1-2,5-8,11-14,17-18H,3-4,9-10H2,(H,25,33)(H,26,34). The quantitative estimate of drug-likeness (QED) is 0.437. The van der Waals surface area contributed by atoms with Crippen molar-refractivity contribution in [2.45, 2.75) is 37.8 Å². The van der Waals surface area contributed by atoms with Crippen molar-refractivity contribution in [2.75, 3.05) is 0 Å². The van der Waals surface area contributed by atoms with E-state index in [9.17, 15) is 9.59 Å². The van der Waals surface area contributed by atoms with Crippen LogP contribution in [-0.4, -0.2) is 64.3 Å². The Morgan fingerprint density at radius 3 is 1.56 bits per heavy atom. The lowest BCUT2D eigenvalue weighted by Crippen LogP contribution is -2.53. The number of amides is 2. The van der Waals surface area contributed by atoms with Crippen LogP contribution in [0.4, 0.5) is 0 Å². The summed E-state index contributed by atoms with van der Waals surface area (Å²) in [6.07, 6.45) is 6.34. The molecule has 2 aromatic heterocycles. The summed E-state index contributed by atoms with van der Waals surface area (Å²) >= 11 is 0. The Hall–Kier alpha value is -4.48. The van der Waals surface area contributed by atoms with Crippen LogP contribution in [0.5, 0.6) is 0 Å². The molecule has 2 unspecified atom stereocenters. The number of nitrogens with one attached hydrogen (secondary N) is 2. The van der Waals surface area contributed by atoms with Gasteiger partial charge >= 0.3 is 0 Å². The summed E-state index contributed by atoms with van der Waals surface area (Å²) in [7, 11) is 0. The summed E-state index contributed by atoms with van der Waals surface area (Å²) < 4.78 is 2.90. The molecule has 172 valence electrons. The fraction of sp³-hybridized carbons (Fsp3) is 0.273. The predicted molar refractivity (Wildman–Crippen MR) is 119 cm³/mol. The number of hydrogen-bond acceptors (Lipinski definition) is 8. The van der Waals surface area contributed by atoms with Crippen molar-refractivity contribution in [3.8, 4) is 11.4 Å². The molecule has 34 heavy (non-hydrogen) atoms. The zero-order valence-corrected chi connectivity index (χ0v) is 18.2. The van der Waals surface area contributed by atoms with Crippen molar-refractivity contribution in [1.82, 2.24) is 51.0 Å². The van der Waals surface area contributed by atoms with Crippen molar-refractivity contribution in [3.05, 3.63) is 72.3 Å². The molecule has 0 bridgehead atoms. The minimum Gasteiger partial charge on any atom is -0.347 e. The first-order valence-corrected chi connectivity index (χ1v) is 11.0. The molecule has 2 aromatic carbocycles. The van der Waals surface area contributed by atoms with E-state index < -0.39 is 0 Å². The van der Waals surface area contributed by atoms with Crippen LogP contribution in [0.2, 0.25) is 0 Å². The van der Waals surface area contributed by atoms with Crippen molar-refractivity contribution in [2.24, 2.45) is 0 Å². The van der Waals surface area contributed by atoms with Crippen LogP contribution in [0.25, 0.3) is 11.4 Å². The molecule has 12 heteroatoms. The van der Waals surface area contributed by atoms with Gasteiger partial charge in [-0.05, 0) is 58.0 Å². The summed E-state index contributed by atoms with van der Waals surface area (Å²) in [5.41, 5.74) is 2.07. The Kier molecular flexibility index (Phi) is 6.01. The molecular formula is C22H22N10O2. The molecule has 1 aliphatic carbocycles. The number of benzene rings is 2. The second kappa shape index (κ2) is 9.57. The van der Waals surface area contributed by atoms with Gasteiger partial charge in [-0.25, -0.2) is 0 Å². The summed E-state index contributed by atoms with van der Waals surface area (Å²) in [4.78, 5) is 26.4. The highest BCUT2D eigenvalue weighted by Crippen LogP contribution is 2.22. The van der Waals surface area contributed by atoms with Gasteiger partial charge in [-0.15, -0.1) is 10.2 Å². The number of rotatable bonds is 6. The Morgan fingerprint density at radius 2 is 1.15 bits per heavy atom. The van der Waals surface area contributed by atoms with Crippen molar-refractivity contribution in [3.63, 3.8) is 0 Å². The van der Waals surface area contributed by atoms with Gasteiger partial charge in [0.1, 0.15) is 12.7 Å². The Morgan fingerprint density at radius 1 is 0.706 bits per heavy atom. The Labute approximate surface area is 194 Å². The minimum absolute atomic E-state index is 0.215. The third-order valence-corrected chi connectivity index (χ3v) is 5.89. The third kappa shape index (κ3) is 4.37. The van der Waals surface area contributed by atoms with Crippen molar-refractivity contribution >= 4 is 11.8 Å². The van der Waals surface area contributed by atoms with Gasteiger partial charge in [0, 0.05) is 12.1 Å². The molecule has 0 radical (unpaired) electrons. The van der Waals surface area contributed by atoms with Crippen LogP contribution in [-0.2, 0) is 0 Å². The molecule has 1 saturated carbocycles. The third-order valence-electron chi connectivity index (χ3n) is 5.89. The largest absolute Gasteiger partial charge is 0.347 e. The molecular weight excluding hydrogens is 436 g/mol. The summed E-state index contributed by atoms with van der Waals surface area (Å²) in [5.74, 6) is -0.488. The first-order chi connectivity index (χ1) is 16.7. The highest BCUT2D eigenvalue weighted by molar-refractivity contribution is 5.99. The molecule has 0 saturated heterocycles. The summed E-state index contributed by atoms with van der Waals surface area (Å²) in [6, 6.07) is 13.8. The average molecular weight is 458 g/mol. The minimum atomic E-state index is -0.244. The smallest absolute Gasteiger partial charge is 0.253 e. The average Bonchev–Trinajstić information content (AvgIpc) is 3.60. The molecule has 4 aromatic rings. The fourth-order valence-electron chi connectivity index (χ4n) is 4.24. The van der Waals surface area contributed by atoms with Gasteiger partial charge in [-0.1, -0.05) is 37.1 Å². The van der Waals surface area contributed by atoms with E-state index in [2.05, 4.69) is 41.7 Å². The van der Waals surface area contributed by atoms with E-state index in [0.717, 1.165) is 25.7 Å². The summed E-state index contributed by atoms with van der Waals surface area (Å²) in [5, 5.41) is 28.6. The maximum absolute atomic E-state index is 13.2. The predicted octanol–water partition coefficient (Wildman–Crippen LogP) is 1.11. The Bertz CT molecular complexity index is 1170. The molecule has 0 spiro atoms.